The second-order valence-electron chi connectivity index (χ2n) is 13.4. The van der Waals surface area contributed by atoms with E-state index in [0.29, 0.717) is 39.1 Å². The Bertz CT molecular complexity index is 1190. The number of fused-ring (bicyclic) bond motifs is 1. The number of nitrogens with zero attached hydrogens (tertiary/aromatic N) is 4. The molecule has 0 atom stereocenters. The van der Waals surface area contributed by atoms with E-state index in [1.807, 2.05) is 40.0 Å². The number of aliphatic hydroxyl groups is 1. The summed E-state index contributed by atoms with van der Waals surface area (Å²) in [6.07, 6.45) is 1.04. The molecule has 1 aromatic carbocycles. The smallest absolute Gasteiger partial charge is 0.410 e. The van der Waals surface area contributed by atoms with E-state index in [2.05, 4.69) is 30.6 Å². The zero-order chi connectivity index (χ0) is 27.9. The van der Waals surface area contributed by atoms with Crippen molar-refractivity contribution < 1.29 is 19.4 Å². The highest BCUT2D eigenvalue weighted by Gasteiger charge is 2.45. The number of imidazole rings is 1. The lowest BCUT2D eigenvalue weighted by molar-refractivity contribution is -0.0780. The van der Waals surface area contributed by atoms with Crippen molar-refractivity contribution in [2.75, 3.05) is 39.3 Å². The Hall–Kier alpha value is -2.14. The third kappa shape index (κ3) is 6.70. The van der Waals surface area contributed by atoms with Gasteiger partial charge in [-0.25, -0.2) is 9.59 Å². The summed E-state index contributed by atoms with van der Waals surface area (Å²) < 4.78 is 14.8. The highest BCUT2D eigenvalue weighted by Crippen LogP contribution is 2.47. The van der Waals surface area contributed by atoms with Gasteiger partial charge in [0.2, 0.25) is 0 Å². The number of carbonyl (C=O) groups excluding carboxylic acids is 1. The highest BCUT2D eigenvalue weighted by atomic mass is 28.3. The number of aromatic nitrogens is 2. The molecule has 1 aliphatic heterocycles. The van der Waals surface area contributed by atoms with E-state index < -0.39 is 19.3 Å². The van der Waals surface area contributed by atoms with E-state index in [0.717, 1.165) is 35.7 Å². The molecule has 0 bridgehead atoms. The lowest BCUT2D eigenvalue weighted by Crippen LogP contribution is -2.56. The molecule has 38 heavy (non-hydrogen) atoms. The second kappa shape index (κ2) is 10.8. The van der Waals surface area contributed by atoms with Crippen LogP contribution in [0, 0.1) is 0 Å². The van der Waals surface area contributed by atoms with Crippen LogP contribution in [0.15, 0.2) is 23.0 Å². The van der Waals surface area contributed by atoms with Gasteiger partial charge in [-0.05, 0) is 57.2 Å². The van der Waals surface area contributed by atoms with Gasteiger partial charge in [0.1, 0.15) is 12.3 Å². The minimum absolute atomic E-state index is 0.0714. The van der Waals surface area contributed by atoms with Gasteiger partial charge in [-0.1, -0.05) is 31.8 Å². The maximum absolute atomic E-state index is 13.1. The standard InChI is InChI=1S/C28H46N4O5Si/c1-27(2,3)37-26(34)31-13-11-30(12-14-31)19-28(35)17-21(18-28)22-9-8-10-23-24(22)29(4)25(33)32(23)20-36-15-16-38(5,6)7/h8-10,21,35H,11-20H2,1-7H3/t21-,28+. The molecule has 4 rings (SSSR count). The number of aryl methyl sites for hydroxylation is 1. The van der Waals surface area contributed by atoms with E-state index in [9.17, 15) is 14.7 Å². The SMILES string of the molecule is Cn1c(=O)n(COCC[Si](C)(C)C)c2cccc([C@H]3C[C@](O)(CN4CCN(C(=O)OC(C)(C)C)CC4)C3)c21. The van der Waals surface area contributed by atoms with Crippen molar-refractivity contribution in [3.05, 3.63) is 34.2 Å². The Morgan fingerprint density at radius 2 is 1.79 bits per heavy atom. The van der Waals surface area contributed by atoms with Crippen molar-refractivity contribution in [3.8, 4) is 0 Å². The van der Waals surface area contributed by atoms with Gasteiger partial charge < -0.3 is 19.5 Å². The number of hydrogen-bond acceptors (Lipinski definition) is 6. The molecule has 0 spiro atoms. The number of amides is 1. The van der Waals surface area contributed by atoms with Crippen LogP contribution in [-0.2, 0) is 23.3 Å². The topological polar surface area (TPSA) is 89.2 Å². The van der Waals surface area contributed by atoms with Crippen LogP contribution in [0.5, 0.6) is 0 Å². The van der Waals surface area contributed by atoms with Crippen molar-refractivity contribution in [1.29, 1.82) is 0 Å². The molecule has 212 valence electrons. The van der Waals surface area contributed by atoms with Gasteiger partial charge in [-0.3, -0.25) is 14.0 Å². The lowest BCUT2D eigenvalue weighted by Gasteiger charge is -2.48. The Morgan fingerprint density at radius 1 is 1.13 bits per heavy atom. The number of carbonyl (C=O) groups is 1. The number of β-amino-alcohol motifs (C(OH)–C–C–N with tert-alkyl or cyclic N) is 1. The fourth-order valence-electron chi connectivity index (χ4n) is 5.54. The van der Waals surface area contributed by atoms with Crippen molar-refractivity contribution in [3.63, 3.8) is 0 Å². The van der Waals surface area contributed by atoms with Crippen LogP contribution in [0.1, 0.15) is 45.1 Å². The first-order chi connectivity index (χ1) is 17.7. The molecule has 1 aliphatic carbocycles. The predicted octanol–water partition coefficient (Wildman–Crippen LogP) is 3.81. The molecule has 1 saturated carbocycles. The summed E-state index contributed by atoms with van der Waals surface area (Å²) in [7, 11) is 0.627. The van der Waals surface area contributed by atoms with Gasteiger partial charge in [-0.15, -0.1) is 0 Å². The van der Waals surface area contributed by atoms with E-state index in [4.69, 9.17) is 9.47 Å². The van der Waals surface area contributed by atoms with Crippen molar-refractivity contribution in [2.24, 2.45) is 7.05 Å². The molecule has 9 nitrogen and oxygen atoms in total. The average Bonchev–Trinajstić information content (AvgIpc) is 3.03. The van der Waals surface area contributed by atoms with E-state index in [1.54, 1.807) is 14.0 Å². The number of benzene rings is 1. The minimum atomic E-state index is -1.19. The summed E-state index contributed by atoms with van der Waals surface area (Å²) in [6.45, 7) is 16.7. The van der Waals surface area contributed by atoms with Gasteiger partial charge in [0.05, 0.1) is 16.6 Å². The first kappa shape index (κ1) is 28.9. The quantitative estimate of drug-likeness (QED) is 0.400. The van der Waals surface area contributed by atoms with Crippen LogP contribution in [0.3, 0.4) is 0 Å². The molecular weight excluding hydrogens is 500 g/mol. The number of para-hydroxylation sites is 1. The maximum atomic E-state index is 13.1. The molecule has 1 amide bonds. The second-order valence-corrected chi connectivity index (χ2v) is 19.0. The molecule has 0 unspecified atom stereocenters. The van der Waals surface area contributed by atoms with Gasteiger partial charge in [0.25, 0.3) is 0 Å². The molecule has 1 aromatic heterocycles. The summed E-state index contributed by atoms with van der Waals surface area (Å²) in [6, 6.07) is 7.14. The van der Waals surface area contributed by atoms with Crippen LogP contribution in [0.25, 0.3) is 11.0 Å². The van der Waals surface area contributed by atoms with Crippen LogP contribution >= 0.6 is 0 Å². The van der Waals surface area contributed by atoms with Crippen molar-refractivity contribution in [2.45, 2.75) is 83.1 Å². The Labute approximate surface area is 227 Å². The number of piperazine rings is 1. The molecule has 2 fully saturated rings. The average molecular weight is 547 g/mol. The molecule has 1 saturated heterocycles. The molecule has 1 N–H and O–H groups in total. The van der Waals surface area contributed by atoms with E-state index in [-0.39, 0.29) is 24.4 Å². The number of hydrogen-bond donors (Lipinski definition) is 1. The minimum Gasteiger partial charge on any atom is -0.444 e. The van der Waals surface area contributed by atoms with Crippen LogP contribution in [-0.4, -0.2) is 88.7 Å². The summed E-state index contributed by atoms with van der Waals surface area (Å²) in [5.74, 6) is 0.195. The summed E-state index contributed by atoms with van der Waals surface area (Å²) in [4.78, 5) is 29.4. The molecular formula is C28H46N4O5Si. The maximum Gasteiger partial charge on any atom is 0.410 e. The molecule has 2 heterocycles. The third-order valence-electron chi connectivity index (χ3n) is 7.64. The fraction of sp³-hybridized carbons (Fsp3) is 0.714. The molecule has 2 aromatic rings. The number of ether oxygens (including phenoxy) is 2. The molecule has 2 aliphatic rings. The summed E-state index contributed by atoms with van der Waals surface area (Å²) >= 11 is 0. The monoisotopic (exact) mass is 546 g/mol. The van der Waals surface area contributed by atoms with E-state index >= 15 is 0 Å². The largest absolute Gasteiger partial charge is 0.444 e. The lowest BCUT2D eigenvalue weighted by atomic mass is 9.67. The molecule has 10 heteroatoms. The van der Waals surface area contributed by atoms with Crippen LogP contribution < -0.4 is 5.69 Å². The number of rotatable bonds is 8. The van der Waals surface area contributed by atoms with Gasteiger partial charge in [0.15, 0.2) is 0 Å². The van der Waals surface area contributed by atoms with E-state index in [1.165, 1.54) is 0 Å². The van der Waals surface area contributed by atoms with Crippen LogP contribution in [0.2, 0.25) is 25.7 Å². The van der Waals surface area contributed by atoms with Gasteiger partial charge >= 0.3 is 11.8 Å². The first-order valence-corrected chi connectivity index (χ1v) is 17.6. The fourth-order valence-corrected chi connectivity index (χ4v) is 6.29. The van der Waals surface area contributed by atoms with Crippen LogP contribution in [0.4, 0.5) is 4.79 Å². The van der Waals surface area contributed by atoms with Crippen molar-refractivity contribution in [1.82, 2.24) is 18.9 Å². The Balaban J connectivity index is 1.36. The normalized spacial score (nSPS) is 23.1. The zero-order valence-electron chi connectivity index (χ0n) is 24.2. The third-order valence-corrected chi connectivity index (χ3v) is 9.35. The Morgan fingerprint density at radius 3 is 2.39 bits per heavy atom. The van der Waals surface area contributed by atoms with Gasteiger partial charge in [-0.2, -0.15) is 0 Å². The first-order valence-electron chi connectivity index (χ1n) is 13.8. The zero-order valence-corrected chi connectivity index (χ0v) is 25.2. The summed E-state index contributed by atoms with van der Waals surface area (Å²) in [5.41, 5.74) is 1.60. The van der Waals surface area contributed by atoms with Gasteiger partial charge in [0, 0.05) is 54.5 Å². The summed E-state index contributed by atoms with van der Waals surface area (Å²) in [5, 5.41) is 11.3. The predicted molar refractivity (Wildman–Crippen MR) is 152 cm³/mol. The highest BCUT2D eigenvalue weighted by molar-refractivity contribution is 6.76. The van der Waals surface area contributed by atoms with Crippen molar-refractivity contribution >= 4 is 25.2 Å². The Kier molecular flexibility index (Phi) is 8.19. The molecule has 0 radical (unpaired) electrons.